The Morgan fingerprint density at radius 2 is 2.05 bits per heavy atom. The van der Waals surface area contributed by atoms with Crippen molar-refractivity contribution in [2.24, 2.45) is 4.99 Å². The fourth-order valence-electron chi connectivity index (χ4n) is 1.67. The van der Waals surface area contributed by atoms with Gasteiger partial charge in [0.2, 0.25) is 5.90 Å². The highest BCUT2D eigenvalue weighted by Gasteiger charge is 2.24. The van der Waals surface area contributed by atoms with Crippen molar-refractivity contribution in [3.8, 4) is 0 Å². The van der Waals surface area contributed by atoms with Crippen LogP contribution in [-0.4, -0.2) is 11.9 Å². The number of ether oxygens (including phenoxy) is 1. The average molecular weight is 324 g/mol. The van der Waals surface area contributed by atoms with Crippen molar-refractivity contribution in [1.82, 2.24) is 0 Å². The fourth-order valence-corrected chi connectivity index (χ4v) is 2.63. The van der Waals surface area contributed by atoms with Crippen molar-refractivity contribution >= 4 is 52.5 Å². The van der Waals surface area contributed by atoms with Gasteiger partial charge in [0.25, 0.3) is 0 Å². The lowest BCUT2D eigenvalue weighted by atomic mass is 10.2. The molecule has 2 aromatic rings. The molecule has 3 nitrogen and oxygen atoms in total. The molecule has 0 bridgehead atoms. The zero-order valence-corrected chi connectivity index (χ0v) is 12.3. The average Bonchev–Trinajstić information content (AvgIpc) is 3.04. The van der Waals surface area contributed by atoms with Gasteiger partial charge in [-0.1, -0.05) is 35.3 Å². The number of carbonyl (C=O) groups is 1. The van der Waals surface area contributed by atoms with Gasteiger partial charge in [-0.15, -0.1) is 11.3 Å². The first-order valence-corrected chi connectivity index (χ1v) is 7.28. The third-order valence-corrected chi connectivity index (χ3v) is 4.20. The standard InChI is InChI=1S/C14H7Cl2NO2S/c15-9-4-3-8(6-10(9)16)7-11-14(18)19-13(17-11)12-2-1-5-20-12/h1-7H/b11-7+. The molecule has 100 valence electrons. The van der Waals surface area contributed by atoms with Crippen LogP contribution >= 0.6 is 34.5 Å². The van der Waals surface area contributed by atoms with Crippen molar-refractivity contribution in [3.63, 3.8) is 0 Å². The Bertz CT molecular complexity index is 736. The number of esters is 1. The molecule has 20 heavy (non-hydrogen) atoms. The van der Waals surface area contributed by atoms with Crippen molar-refractivity contribution in [1.29, 1.82) is 0 Å². The summed E-state index contributed by atoms with van der Waals surface area (Å²) in [4.78, 5) is 16.8. The molecule has 2 heterocycles. The Labute approximate surface area is 129 Å². The van der Waals surface area contributed by atoms with Gasteiger partial charge in [0.05, 0.1) is 14.9 Å². The quantitative estimate of drug-likeness (QED) is 0.607. The summed E-state index contributed by atoms with van der Waals surface area (Å²) in [6.07, 6.45) is 1.62. The van der Waals surface area contributed by atoms with Gasteiger partial charge >= 0.3 is 5.97 Å². The zero-order valence-electron chi connectivity index (χ0n) is 9.97. The predicted octanol–water partition coefficient (Wildman–Crippen LogP) is 4.40. The number of hydrogen-bond acceptors (Lipinski definition) is 4. The molecule has 0 amide bonds. The molecule has 0 saturated carbocycles. The van der Waals surface area contributed by atoms with Crippen LogP contribution in [0.5, 0.6) is 0 Å². The summed E-state index contributed by atoms with van der Waals surface area (Å²) in [5.74, 6) is -0.143. The Hall–Kier alpha value is -1.62. The van der Waals surface area contributed by atoms with E-state index in [0.29, 0.717) is 15.9 Å². The number of benzene rings is 1. The summed E-state index contributed by atoms with van der Waals surface area (Å²) in [6, 6.07) is 8.81. The van der Waals surface area contributed by atoms with Gasteiger partial charge in [-0.2, -0.15) is 0 Å². The van der Waals surface area contributed by atoms with E-state index >= 15 is 0 Å². The van der Waals surface area contributed by atoms with Crippen LogP contribution in [0.25, 0.3) is 6.08 Å². The van der Waals surface area contributed by atoms with E-state index in [4.69, 9.17) is 27.9 Å². The molecule has 3 rings (SSSR count). The van der Waals surface area contributed by atoms with Gasteiger partial charge in [-0.05, 0) is 35.2 Å². The molecule has 6 heteroatoms. The van der Waals surface area contributed by atoms with Crippen LogP contribution in [0.15, 0.2) is 46.4 Å². The van der Waals surface area contributed by atoms with E-state index in [-0.39, 0.29) is 5.70 Å². The third kappa shape index (κ3) is 2.63. The number of nitrogens with zero attached hydrogens (tertiary/aromatic N) is 1. The number of thiophene rings is 1. The van der Waals surface area contributed by atoms with Gasteiger partial charge in [-0.25, -0.2) is 9.79 Å². The molecular formula is C14H7Cl2NO2S. The van der Waals surface area contributed by atoms with Gasteiger partial charge in [0, 0.05) is 0 Å². The second kappa shape index (κ2) is 5.40. The van der Waals surface area contributed by atoms with E-state index in [1.165, 1.54) is 11.3 Å². The van der Waals surface area contributed by atoms with Crippen LogP contribution in [0.4, 0.5) is 0 Å². The summed E-state index contributed by atoms with van der Waals surface area (Å²) in [6.45, 7) is 0. The molecule has 1 aliphatic rings. The van der Waals surface area contributed by atoms with Crippen LogP contribution in [0.3, 0.4) is 0 Å². The Morgan fingerprint density at radius 1 is 1.20 bits per heavy atom. The topological polar surface area (TPSA) is 38.7 Å². The highest BCUT2D eigenvalue weighted by Crippen LogP contribution is 2.26. The van der Waals surface area contributed by atoms with Crippen molar-refractivity contribution in [3.05, 3.63) is 61.9 Å². The Balaban J connectivity index is 1.95. The molecule has 0 atom stereocenters. The third-order valence-electron chi connectivity index (χ3n) is 2.60. The molecule has 0 N–H and O–H groups in total. The van der Waals surface area contributed by atoms with Crippen molar-refractivity contribution in [2.45, 2.75) is 0 Å². The largest absolute Gasteiger partial charge is 0.401 e. The first-order valence-electron chi connectivity index (χ1n) is 5.65. The lowest BCUT2D eigenvalue weighted by molar-refractivity contribution is -0.129. The lowest BCUT2D eigenvalue weighted by Gasteiger charge is -1.97. The number of rotatable bonds is 2. The summed E-state index contributed by atoms with van der Waals surface area (Å²) in [7, 11) is 0. The molecule has 0 fully saturated rings. The molecular weight excluding hydrogens is 317 g/mol. The Morgan fingerprint density at radius 3 is 2.75 bits per heavy atom. The maximum absolute atomic E-state index is 11.8. The van der Waals surface area contributed by atoms with E-state index in [0.717, 1.165) is 10.4 Å². The molecule has 1 aromatic heterocycles. The number of carbonyl (C=O) groups excluding carboxylic acids is 1. The molecule has 0 aliphatic carbocycles. The number of halogens is 2. The highest BCUT2D eigenvalue weighted by atomic mass is 35.5. The summed E-state index contributed by atoms with van der Waals surface area (Å²) in [5, 5.41) is 2.78. The zero-order chi connectivity index (χ0) is 14.1. The molecule has 0 unspecified atom stereocenters. The molecule has 0 radical (unpaired) electrons. The SMILES string of the molecule is O=C1OC(c2cccs2)=N/C1=C/c1ccc(Cl)c(Cl)c1. The highest BCUT2D eigenvalue weighted by molar-refractivity contribution is 7.12. The molecule has 0 saturated heterocycles. The van der Waals surface area contributed by atoms with Crippen molar-refractivity contribution < 1.29 is 9.53 Å². The maximum Gasteiger partial charge on any atom is 0.363 e. The number of aliphatic imine (C=N–C) groups is 1. The van der Waals surface area contributed by atoms with E-state index < -0.39 is 5.97 Å². The molecule has 1 aliphatic heterocycles. The van der Waals surface area contributed by atoms with E-state index in [1.54, 1.807) is 24.3 Å². The second-order valence-electron chi connectivity index (χ2n) is 3.99. The summed E-state index contributed by atoms with van der Waals surface area (Å²) in [5.41, 5.74) is 0.981. The lowest BCUT2D eigenvalue weighted by Crippen LogP contribution is -2.03. The number of hydrogen-bond donors (Lipinski definition) is 0. The second-order valence-corrected chi connectivity index (χ2v) is 5.75. The van der Waals surface area contributed by atoms with Crippen molar-refractivity contribution in [2.75, 3.05) is 0 Å². The van der Waals surface area contributed by atoms with Crippen LogP contribution in [0.2, 0.25) is 10.0 Å². The van der Waals surface area contributed by atoms with Crippen LogP contribution in [0, 0.1) is 0 Å². The van der Waals surface area contributed by atoms with Gasteiger partial charge in [0.15, 0.2) is 5.70 Å². The minimum atomic E-state index is -0.473. The smallest absolute Gasteiger partial charge is 0.363 e. The monoisotopic (exact) mass is 323 g/mol. The Kier molecular flexibility index (Phi) is 3.61. The predicted molar refractivity (Wildman–Crippen MR) is 81.4 cm³/mol. The fraction of sp³-hybridized carbons (Fsp3) is 0. The summed E-state index contributed by atoms with van der Waals surface area (Å²) < 4.78 is 5.14. The first kappa shape index (κ1) is 13.4. The first-order chi connectivity index (χ1) is 9.63. The van der Waals surface area contributed by atoms with E-state index in [1.807, 2.05) is 17.5 Å². The van der Waals surface area contributed by atoms with Crippen LogP contribution < -0.4 is 0 Å². The van der Waals surface area contributed by atoms with Crippen LogP contribution in [-0.2, 0) is 9.53 Å². The van der Waals surface area contributed by atoms with Crippen LogP contribution in [0.1, 0.15) is 10.4 Å². The molecule has 0 spiro atoms. The normalized spacial score (nSPS) is 16.4. The minimum absolute atomic E-state index is 0.242. The van der Waals surface area contributed by atoms with E-state index in [2.05, 4.69) is 4.99 Å². The van der Waals surface area contributed by atoms with Gasteiger partial charge in [0.1, 0.15) is 0 Å². The van der Waals surface area contributed by atoms with E-state index in [9.17, 15) is 4.79 Å². The minimum Gasteiger partial charge on any atom is -0.401 e. The van der Waals surface area contributed by atoms with Gasteiger partial charge in [-0.3, -0.25) is 0 Å². The number of cyclic esters (lactones) is 1. The molecule has 1 aromatic carbocycles. The summed E-state index contributed by atoms with van der Waals surface area (Å²) >= 11 is 13.2. The maximum atomic E-state index is 11.8. The van der Waals surface area contributed by atoms with Gasteiger partial charge < -0.3 is 4.74 Å².